The number of rotatable bonds is 11. The van der Waals surface area contributed by atoms with Crippen LogP contribution in [0.3, 0.4) is 0 Å². The highest BCUT2D eigenvalue weighted by atomic mass is 16.5. The Labute approximate surface area is 117 Å². The Morgan fingerprint density at radius 3 is 2.42 bits per heavy atom. The third-order valence-corrected chi connectivity index (χ3v) is 2.61. The average molecular weight is 272 g/mol. The van der Waals surface area contributed by atoms with Crippen molar-refractivity contribution in [2.45, 2.75) is 39.4 Å². The summed E-state index contributed by atoms with van der Waals surface area (Å²) in [5.41, 5.74) is 0. The summed E-state index contributed by atoms with van der Waals surface area (Å²) in [5, 5.41) is 18.6. The SMILES string of the molecule is COCC(C)OCC(O)CN(CCC#N)CC(C)C. The highest BCUT2D eigenvalue weighted by molar-refractivity contribution is 4.74. The quantitative estimate of drug-likeness (QED) is 0.613. The number of aliphatic hydroxyl groups is 1. The van der Waals surface area contributed by atoms with E-state index in [4.69, 9.17) is 14.7 Å². The van der Waals surface area contributed by atoms with Crippen LogP contribution in [-0.2, 0) is 9.47 Å². The van der Waals surface area contributed by atoms with Crippen molar-refractivity contribution < 1.29 is 14.6 Å². The zero-order chi connectivity index (χ0) is 14.7. The smallest absolute Gasteiger partial charge is 0.0900 e. The normalized spacial score (nSPS) is 14.6. The van der Waals surface area contributed by atoms with E-state index in [9.17, 15) is 5.11 Å². The Kier molecular flexibility index (Phi) is 10.8. The summed E-state index contributed by atoms with van der Waals surface area (Å²) in [5.74, 6) is 0.513. The number of ether oxygens (including phenoxy) is 2. The second kappa shape index (κ2) is 11.2. The monoisotopic (exact) mass is 272 g/mol. The molecule has 0 aliphatic heterocycles. The van der Waals surface area contributed by atoms with Crippen LogP contribution in [0.25, 0.3) is 0 Å². The van der Waals surface area contributed by atoms with Crippen molar-refractivity contribution in [1.29, 1.82) is 5.26 Å². The number of hydrogen-bond donors (Lipinski definition) is 1. The molecule has 19 heavy (non-hydrogen) atoms. The van der Waals surface area contributed by atoms with Gasteiger partial charge in [0.1, 0.15) is 0 Å². The van der Waals surface area contributed by atoms with Crippen LogP contribution in [0.15, 0.2) is 0 Å². The first-order chi connectivity index (χ1) is 8.99. The largest absolute Gasteiger partial charge is 0.389 e. The molecule has 5 nitrogen and oxygen atoms in total. The average Bonchev–Trinajstić information content (AvgIpc) is 2.33. The maximum atomic E-state index is 9.96. The van der Waals surface area contributed by atoms with E-state index in [2.05, 4.69) is 24.8 Å². The molecular formula is C14H28N2O3. The molecule has 0 amide bonds. The van der Waals surface area contributed by atoms with E-state index in [0.29, 0.717) is 38.6 Å². The van der Waals surface area contributed by atoms with Gasteiger partial charge in [0, 0.05) is 33.2 Å². The van der Waals surface area contributed by atoms with Crippen LogP contribution < -0.4 is 0 Å². The first-order valence-electron chi connectivity index (χ1n) is 6.87. The van der Waals surface area contributed by atoms with E-state index in [1.54, 1.807) is 7.11 Å². The van der Waals surface area contributed by atoms with Gasteiger partial charge in [-0.1, -0.05) is 13.8 Å². The minimum Gasteiger partial charge on any atom is -0.389 e. The Bertz CT molecular complexity index is 254. The van der Waals surface area contributed by atoms with E-state index in [1.807, 2.05) is 6.92 Å². The van der Waals surface area contributed by atoms with Gasteiger partial charge in [-0.3, -0.25) is 4.90 Å². The molecule has 112 valence electrons. The maximum absolute atomic E-state index is 9.96. The van der Waals surface area contributed by atoms with Crippen molar-refractivity contribution in [3.63, 3.8) is 0 Å². The lowest BCUT2D eigenvalue weighted by Gasteiger charge is -2.26. The van der Waals surface area contributed by atoms with Crippen molar-refractivity contribution in [2.75, 3.05) is 40.0 Å². The molecule has 0 heterocycles. The molecule has 0 aliphatic carbocycles. The standard InChI is InChI=1S/C14H28N2O3/c1-12(2)8-16(7-5-6-15)9-14(17)11-19-13(3)10-18-4/h12-14,17H,5,7-11H2,1-4H3. The van der Waals surface area contributed by atoms with Crippen LogP contribution in [0.5, 0.6) is 0 Å². The molecule has 0 aromatic rings. The van der Waals surface area contributed by atoms with Crippen LogP contribution in [-0.4, -0.2) is 62.2 Å². The van der Waals surface area contributed by atoms with Crippen LogP contribution in [0.1, 0.15) is 27.2 Å². The highest BCUT2D eigenvalue weighted by Gasteiger charge is 2.14. The molecule has 0 aromatic carbocycles. The van der Waals surface area contributed by atoms with E-state index < -0.39 is 6.10 Å². The second-order valence-corrected chi connectivity index (χ2v) is 5.31. The van der Waals surface area contributed by atoms with Crippen molar-refractivity contribution >= 4 is 0 Å². The minimum absolute atomic E-state index is 0.0164. The van der Waals surface area contributed by atoms with Gasteiger partial charge < -0.3 is 14.6 Å². The van der Waals surface area contributed by atoms with E-state index in [-0.39, 0.29) is 6.10 Å². The molecule has 0 saturated carbocycles. The fourth-order valence-electron chi connectivity index (χ4n) is 1.89. The predicted molar refractivity (Wildman–Crippen MR) is 74.8 cm³/mol. The van der Waals surface area contributed by atoms with Crippen LogP contribution in [0.2, 0.25) is 0 Å². The third kappa shape index (κ3) is 10.9. The molecule has 0 aromatic heterocycles. The molecule has 0 spiro atoms. The van der Waals surface area contributed by atoms with Crippen molar-refractivity contribution in [3.8, 4) is 6.07 Å². The van der Waals surface area contributed by atoms with Crippen molar-refractivity contribution in [2.24, 2.45) is 5.92 Å². The Morgan fingerprint density at radius 2 is 1.89 bits per heavy atom. The molecule has 1 N–H and O–H groups in total. The lowest BCUT2D eigenvalue weighted by atomic mass is 10.2. The molecule has 0 bridgehead atoms. The Balaban J connectivity index is 4.00. The Morgan fingerprint density at radius 1 is 1.21 bits per heavy atom. The van der Waals surface area contributed by atoms with Gasteiger partial charge in [-0.2, -0.15) is 5.26 Å². The van der Waals surface area contributed by atoms with Gasteiger partial charge in [0.05, 0.1) is 31.5 Å². The first-order valence-corrected chi connectivity index (χ1v) is 6.87. The lowest BCUT2D eigenvalue weighted by Crippen LogP contribution is -2.38. The van der Waals surface area contributed by atoms with Crippen LogP contribution >= 0.6 is 0 Å². The van der Waals surface area contributed by atoms with Crippen LogP contribution in [0, 0.1) is 17.2 Å². The number of hydrogen-bond acceptors (Lipinski definition) is 5. The maximum Gasteiger partial charge on any atom is 0.0900 e. The third-order valence-electron chi connectivity index (χ3n) is 2.61. The number of methoxy groups -OCH3 is 1. The van der Waals surface area contributed by atoms with E-state index >= 15 is 0 Å². The minimum atomic E-state index is -0.531. The molecule has 0 rings (SSSR count). The molecule has 0 saturated heterocycles. The van der Waals surface area contributed by atoms with Gasteiger partial charge in [0.15, 0.2) is 0 Å². The van der Waals surface area contributed by atoms with Gasteiger partial charge in [0.25, 0.3) is 0 Å². The summed E-state index contributed by atoms with van der Waals surface area (Å²) in [6.45, 7) is 9.11. The summed E-state index contributed by atoms with van der Waals surface area (Å²) in [6.07, 6.45) is -0.0607. The Hall–Kier alpha value is -0.670. The van der Waals surface area contributed by atoms with Gasteiger partial charge in [0.2, 0.25) is 0 Å². The van der Waals surface area contributed by atoms with E-state index in [0.717, 1.165) is 6.54 Å². The van der Waals surface area contributed by atoms with Crippen molar-refractivity contribution in [3.05, 3.63) is 0 Å². The fourth-order valence-corrected chi connectivity index (χ4v) is 1.89. The van der Waals surface area contributed by atoms with Gasteiger partial charge in [-0.15, -0.1) is 0 Å². The summed E-state index contributed by atoms with van der Waals surface area (Å²) in [4.78, 5) is 2.11. The molecule has 2 unspecified atom stereocenters. The zero-order valence-corrected chi connectivity index (χ0v) is 12.6. The number of aliphatic hydroxyl groups excluding tert-OH is 1. The molecule has 2 atom stereocenters. The van der Waals surface area contributed by atoms with Crippen molar-refractivity contribution in [1.82, 2.24) is 4.90 Å². The van der Waals surface area contributed by atoms with E-state index in [1.165, 1.54) is 0 Å². The first kappa shape index (κ1) is 18.3. The fraction of sp³-hybridized carbons (Fsp3) is 0.929. The molecule has 0 radical (unpaired) electrons. The van der Waals surface area contributed by atoms with Crippen LogP contribution in [0.4, 0.5) is 0 Å². The summed E-state index contributed by atoms with van der Waals surface area (Å²) in [7, 11) is 1.63. The zero-order valence-electron chi connectivity index (χ0n) is 12.6. The molecular weight excluding hydrogens is 244 g/mol. The predicted octanol–water partition coefficient (Wildman–Crippen LogP) is 1.27. The topological polar surface area (TPSA) is 65.7 Å². The molecule has 0 aliphatic rings. The second-order valence-electron chi connectivity index (χ2n) is 5.31. The molecule has 0 fully saturated rings. The lowest BCUT2D eigenvalue weighted by molar-refractivity contribution is -0.0402. The number of nitriles is 1. The number of nitrogens with zero attached hydrogens (tertiary/aromatic N) is 2. The summed E-state index contributed by atoms with van der Waals surface area (Å²) >= 11 is 0. The molecule has 5 heteroatoms. The van der Waals surface area contributed by atoms with Gasteiger partial charge >= 0.3 is 0 Å². The summed E-state index contributed by atoms with van der Waals surface area (Å²) in [6, 6.07) is 2.14. The van der Waals surface area contributed by atoms with Gasteiger partial charge in [-0.25, -0.2) is 0 Å². The summed E-state index contributed by atoms with van der Waals surface area (Å²) < 4.78 is 10.5. The van der Waals surface area contributed by atoms with Gasteiger partial charge in [-0.05, 0) is 12.8 Å². The highest BCUT2D eigenvalue weighted by Crippen LogP contribution is 2.03.